The molecule has 8 heteroatoms. The summed E-state index contributed by atoms with van der Waals surface area (Å²) >= 11 is 12.0. The fraction of sp³-hybridized carbons (Fsp3) is 0.133. The fourth-order valence-electron chi connectivity index (χ4n) is 1.71. The van der Waals surface area contributed by atoms with E-state index in [1.54, 1.807) is 25.3 Å². The minimum absolute atomic E-state index is 0.104. The van der Waals surface area contributed by atoms with Crippen LogP contribution in [0.2, 0.25) is 10.0 Å². The zero-order chi connectivity index (χ0) is 16.8. The molecule has 0 radical (unpaired) electrons. The predicted octanol–water partition coefficient (Wildman–Crippen LogP) is 3.26. The van der Waals surface area contributed by atoms with Gasteiger partial charge in [0.15, 0.2) is 11.5 Å². The van der Waals surface area contributed by atoms with E-state index in [4.69, 9.17) is 27.9 Å². The third-order valence-corrected chi connectivity index (χ3v) is 3.58. The van der Waals surface area contributed by atoms with Crippen LogP contribution in [0, 0.1) is 0 Å². The van der Waals surface area contributed by atoms with E-state index in [2.05, 4.69) is 15.5 Å². The van der Waals surface area contributed by atoms with Crippen molar-refractivity contribution in [2.75, 3.05) is 6.61 Å². The van der Waals surface area contributed by atoms with Gasteiger partial charge in [-0.3, -0.25) is 9.78 Å². The highest BCUT2D eigenvalue weighted by atomic mass is 35.5. The third kappa shape index (κ3) is 4.12. The highest BCUT2D eigenvalue weighted by Gasteiger charge is 2.15. The van der Waals surface area contributed by atoms with Crippen molar-refractivity contribution in [3.8, 4) is 11.5 Å². The maximum absolute atomic E-state index is 11.8. The second-order valence-corrected chi connectivity index (χ2v) is 5.09. The standard InChI is InChI=1S/C15H13Cl2N3O3/c1-2-23-12-6-11(16)13(17)10(14(12)21)8-19-20-15(22)9-4-3-5-18-7-9/h3-8,21H,2H2,1H3,(H,20,22)/b19-8+. The molecule has 0 atom stereocenters. The van der Waals surface area contributed by atoms with Gasteiger partial charge in [0.25, 0.3) is 5.91 Å². The number of nitrogens with zero attached hydrogens (tertiary/aromatic N) is 2. The molecule has 0 aliphatic rings. The number of ether oxygens (including phenoxy) is 1. The van der Waals surface area contributed by atoms with Crippen molar-refractivity contribution < 1.29 is 14.6 Å². The Morgan fingerprint density at radius 3 is 2.96 bits per heavy atom. The van der Waals surface area contributed by atoms with Gasteiger partial charge in [-0.1, -0.05) is 23.2 Å². The molecule has 1 aromatic carbocycles. The molecular weight excluding hydrogens is 341 g/mol. The lowest BCUT2D eigenvalue weighted by molar-refractivity contribution is 0.0954. The molecule has 2 rings (SSSR count). The van der Waals surface area contributed by atoms with Gasteiger partial charge in [-0.2, -0.15) is 5.10 Å². The van der Waals surface area contributed by atoms with Gasteiger partial charge >= 0.3 is 0 Å². The van der Waals surface area contributed by atoms with Crippen LogP contribution in [0.15, 0.2) is 35.7 Å². The summed E-state index contributed by atoms with van der Waals surface area (Å²) in [6.07, 6.45) is 4.15. The molecule has 1 heterocycles. The SMILES string of the molecule is CCOc1cc(Cl)c(Cl)c(/C=N/NC(=O)c2cccnc2)c1O. The minimum atomic E-state index is -0.447. The Morgan fingerprint density at radius 2 is 2.30 bits per heavy atom. The van der Waals surface area contributed by atoms with Gasteiger partial charge in [0, 0.05) is 18.5 Å². The van der Waals surface area contributed by atoms with E-state index >= 15 is 0 Å². The number of hydrogen-bond donors (Lipinski definition) is 2. The highest BCUT2D eigenvalue weighted by molar-refractivity contribution is 6.43. The van der Waals surface area contributed by atoms with Crippen molar-refractivity contribution in [2.45, 2.75) is 6.92 Å². The Balaban J connectivity index is 2.21. The van der Waals surface area contributed by atoms with Crippen molar-refractivity contribution in [3.05, 3.63) is 51.8 Å². The van der Waals surface area contributed by atoms with E-state index in [9.17, 15) is 9.90 Å². The lowest BCUT2D eigenvalue weighted by Gasteiger charge is -2.10. The summed E-state index contributed by atoms with van der Waals surface area (Å²) in [6.45, 7) is 2.11. The number of amides is 1. The average molecular weight is 354 g/mol. The smallest absolute Gasteiger partial charge is 0.272 e. The summed E-state index contributed by atoms with van der Waals surface area (Å²) in [6, 6.07) is 4.63. The molecule has 0 aliphatic carbocycles. The number of phenols is 1. The van der Waals surface area contributed by atoms with Crippen LogP contribution in [0.25, 0.3) is 0 Å². The Kier molecular flexibility index (Phi) is 5.78. The van der Waals surface area contributed by atoms with Gasteiger partial charge < -0.3 is 9.84 Å². The molecule has 0 spiro atoms. The molecule has 0 bridgehead atoms. The molecule has 2 N–H and O–H groups in total. The Bertz CT molecular complexity index is 736. The fourth-order valence-corrected chi connectivity index (χ4v) is 2.11. The number of phenolic OH excluding ortho intramolecular Hbond substituents is 1. The molecule has 23 heavy (non-hydrogen) atoms. The first-order valence-electron chi connectivity index (χ1n) is 6.61. The monoisotopic (exact) mass is 353 g/mol. The Morgan fingerprint density at radius 1 is 1.52 bits per heavy atom. The van der Waals surface area contributed by atoms with E-state index in [1.807, 2.05) is 0 Å². The number of nitrogens with one attached hydrogen (secondary N) is 1. The number of rotatable bonds is 5. The second kappa shape index (κ2) is 7.80. The molecular formula is C15H13Cl2N3O3. The zero-order valence-corrected chi connectivity index (χ0v) is 13.6. The number of carbonyl (C=O) groups excluding carboxylic acids is 1. The first kappa shape index (κ1) is 17.1. The van der Waals surface area contributed by atoms with Gasteiger partial charge in [0.05, 0.1) is 34.0 Å². The molecule has 1 aromatic heterocycles. The number of aromatic hydroxyl groups is 1. The van der Waals surface area contributed by atoms with Crippen molar-refractivity contribution in [1.29, 1.82) is 0 Å². The second-order valence-electron chi connectivity index (χ2n) is 4.31. The van der Waals surface area contributed by atoms with Gasteiger partial charge in [0.2, 0.25) is 0 Å². The quantitative estimate of drug-likeness (QED) is 0.638. The molecule has 0 fully saturated rings. The zero-order valence-electron chi connectivity index (χ0n) is 12.1. The maximum atomic E-state index is 11.8. The number of halogens is 2. The van der Waals surface area contributed by atoms with E-state index < -0.39 is 5.91 Å². The first-order chi connectivity index (χ1) is 11.0. The molecule has 120 valence electrons. The van der Waals surface area contributed by atoms with Crippen LogP contribution < -0.4 is 10.2 Å². The summed E-state index contributed by atoms with van der Waals surface area (Å²) in [5.74, 6) is -0.473. The van der Waals surface area contributed by atoms with Gasteiger partial charge in [0.1, 0.15) is 0 Å². The molecule has 1 amide bonds. The predicted molar refractivity (Wildman–Crippen MR) is 88.6 cm³/mol. The van der Waals surface area contributed by atoms with Crippen LogP contribution in [-0.4, -0.2) is 28.8 Å². The maximum Gasteiger partial charge on any atom is 0.272 e. The minimum Gasteiger partial charge on any atom is -0.504 e. The molecule has 6 nitrogen and oxygen atoms in total. The summed E-state index contributed by atoms with van der Waals surface area (Å²) < 4.78 is 5.26. The van der Waals surface area contributed by atoms with Crippen LogP contribution in [0.5, 0.6) is 11.5 Å². The van der Waals surface area contributed by atoms with E-state index in [0.29, 0.717) is 12.2 Å². The van der Waals surface area contributed by atoms with Crippen LogP contribution in [-0.2, 0) is 0 Å². The highest BCUT2D eigenvalue weighted by Crippen LogP contribution is 2.39. The number of hydrazone groups is 1. The lowest BCUT2D eigenvalue weighted by Crippen LogP contribution is -2.17. The van der Waals surface area contributed by atoms with Crippen molar-refractivity contribution in [2.24, 2.45) is 5.10 Å². The lowest BCUT2D eigenvalue weighted by atomic mass is 10.2. The number of benzene rings is 1. The largest absolute Gasteiger partial charge is 0.504 e. The molecule has 0 saturated heterocycles. The van der Waals surface area contributed by atoms with Gasteiger partial charge in [-0.05, 0) is 19.1 Å². The van der Waals surface area contributed by atoms with Crippen molar-refractivity contribution in [3.63, 3.8) is 0 Å². The van der Waals surface area contributed by atoms with Crippen molar-refractivity contribution in [1.82, 2.24) is 10.4 Å². The molecule has 0 saturated carbocycles. The Hall–Kier alpha value is -2.31. The van der Waals surface area contributed by atoms with E-state index in [0.717, 1.165) is 0 Å². The first-order valence-corrected chi connectivity index (χ1v) is 7.37. The van der Waals surface area contributed by atoms with E-state index in [-0.39, 0.29) is 27.1 Å². The van der Waals surface area contributed by atoms with E-state index in [1.165, 1.54) is 18.5 Å². The number of carbonyl (C=O) groups is 1. The molecule has 0 aliphatic heterocycles. The normalized spacial score (nSPS) is 10.7. The summed E-state index contributed by atoms with van der Waals surface area (Å²) in [5, 5.41) is 14.2. The average Bonchev–Trinajstić information content (AvgIpc) is 2.56. The number of aromatic nitrogens is 1. The van der Waals surface area contributed by atoms with Crippen molar-refractivity contribution >= 4 is 35.3 Å². The van der Waals surface area contributed by atoms with Crippen LogP contribution >= 0.6 is 23.2 Å². The summed E-state index contributed by atoms with van der Waals surface area (Å²) in [4.78, 5) is 15.7. The topological polar surface area (TPSA) is 83.8 Å². The molecule has 0 unspecified atom stereocenters. The summed E-state index contributed by atoms with van der Waals surface area (Å²) in [5.41, 5.74) is 2.81. The molecule has 2 aromatic rings. The van der Waals surface area contributed by atoms with Crippen LogP contribution in [0.1, 0.15) is 22.8 Å². The number of pyridine rings is 1. The van der Waals surface area contributed by atoms with Crippen LogP contribution in [0.4, 0.5) is 0 Å². The number of hydrogen-bond acceptors (Lipinski definition) is 5. The Labute approximate surface area is 142 Å². The van der Waals surface area contributed by atoms with Crippen LogP contribution in [0.3, 0.4) is 0 Å². The summed E-state index contributed by atoms with van der Waals surface area (Å²) in [7, 11) is 0. The van der Waals surface area contributed by atoms with Gasteiger partial charge in [-0.15, -0.1) is 0 Å². The third-order valence-electron chi connectivity index (χ3n) is 2.78. The van der Waals surface area contributed by atoms with Gasteiger partial charge in [-0.25, -0.2) is 5.43 Å².